The maximum absolute atomic E-state index is 9.36. The average molecular weight is 348 g/mol. The number of nitrogens with one attached hydrogen (secondary N) is 1. The number of halogens is 1. The van der Waals surface area contributed by atoms with Crippen molar-refractivity contribution in [3.8, 4) is 0 Å². The largest absolute Gasteiger partial charge is 0.395 e. The molecule has 2 aromatic heterocycles. The van der Waals surface area contributed by atoms with E-state index in [0.717, 1.165) is 16.9 Å². The van der Waals surface area contributed by atoms with Crippen molar-refractivity contribution in [2.75, 3.05) is 6.61 Å². The van der Waals surface area contributed by atoms with Crippen molar-refractivity contribution in [1.29, 1.82) is 0 Å². The highest BCUT2D eigenvalue weighted by Crippen LogP contribution is 2.21. The lowest BCUT2D eigenvalue weighted by atomic mass is 10.2. The Kier molecular flexibility index (Phi) is 5.18. The van der Waals surface area contributed by atoms with Gasteiger partial charge in [-0.1, -0.05) is 11.6 Å². The van der Waals surface area contributed by atoms with Gasteiger partial charge in [0, 0.05) is 30.0 Å². The van der Waals surface area contributed by atoms with Gasteiger partial charge in [-0.25, -0.2) is 4.98 Å². The summed E-state index contributed by atoms with van der Waals surface area (Å²) in [6.07, 6.45) is 3.75. The summed E-state index contributed by atoms with van der Waals surface area (Å²) in [5, 5.41) is 17.8. The number of aromatic nitrogens is 4. The van der Waals surface area contributed by atoms with Crippen molar-refractivity contribution in [2.24, 2.45) is 0 Å². The molecule has 0 fully saturated rings. The van der Waals surface area contributed by atoms with Gasteiger partial charge in [0.1, 0.15) is 5.82 Å². The zero-order valence-electron chi connectivity index (χ0n) is 13.9. The molecule has 0 saturated heterocycles. The molecule has 0 aliphatic carbocycles. The van der Waals surface area contributed by atoms with E-state index in [2.05, 4.69) is 29.2 Å². The molecule has 24 heavy (non-hydrogen) atoms. The summed E-state index contributed by atoms with van der Waals surface area (Å²) >= 11 is 6.06. The van der Waals surface area contributed by atoms with Crippen LogP contribution in [0, 0.1) is 0 Å². The third-order valence-corrected chi connectivity index (χ3v) is 4.60. The van der Waals surface area contributed by atoms with Crippen molar-refractivity contribution in [1.82, 2.24) is 24.6 Å². The number of hydrogen-bond acceptors (Lipinski definition) is 4. The number of aliphatic hydroxyl groups is 1. The first-order valence-corrected chi connectivity index (χ1v) is 8.46. The van der Waals surface area contributed by atoms with Crippen LogP contribution in [0.1, 0.15) is 25.7 Å². The van der Waals surface area contributed by atoms with Gasteiger partial charge in [0.25, 0.3) is 0 Å². The van der Waals surface area contributed by atoms with E-state index in [4.69, 9.17) is 11.6 Å². The van der Waals surface area contributed by atoms with Crippen LogP contribution in [-0.2, 0) is 13.1 Å². The molecule has 0 amide bonds. The van der Waals surface area contributed by atoms with E-state index in [-0.39, 0.29) is 18.7 Å². The predicted molar refractivity (Wildman–Crippen MR) is 95.1 cm³/mol. The molecule has 3 rings (SSSR count). The van der Waals surface area contributed by atoms with E-state index in [1.807, 2.05) is 39.7 Å². The molecule has 2 heterocycles. The Morgan fingerprint density at radius 3 is 2.88 bits per heavy atom. The summed E-state index contributed by atoms with van der Waals surface area (Å²) in [6, 6.07) is 8.01. The summed E-state index contributed by atoms with van der Waals surface area (Å²) in [5.74, 6) is 0.890. The summed E-state index contributed by atoms with van der Waals surface area (Å²) in [6.45, 7) is 5.45. The Morgan fingerprint density at radius 1 is 1.33 bits per heavy atom. The second kappa shape index (κ2) is 7.34. The van der Waals surface area contributed by atoms with Gasteiger partial charge >= 0.3 is 0 Å². The van der Waals surface area contributed by atoms with E-state index in [1.165, 1.54) is 0 Å². The van der Waals surface area contributed by atoms with Crippen molar-refractivity contribution in [3.63, 3.8) is 0 Å². The van der Waals surface area contributed by atoms with Crippen molar-refractivity contribution < 1.29 is 5.11 Å². The predicted octanol–water partition coefficient (Wildman–Crippen LogP) is 2.62. The molecular formula is C17H22ClN5O. The van der Waals surface area contributed by atoms with Gasteiger partial charge in [-0.2, -0.15) is 5.10 Å². The minimum Gasteiger partial charge on any atom is -0.395 e. The molecule has 0 aliphatic heterocycles. The Hall–Kier alpha value is -1.89. The number of aliphatic hydroxyl groups excluding tert-OH is 1. The average Bonchev–Trinajstić information content (AvgIpc) is 3.20. The fourth-order valence-electron chi connectivity index (χ4n) is 2.81. The molecule has 1 aromatic carbocycles. The maximum atomic E-state index is 9.36. The molecular weight excluding hydrogens is 326 g/mol. The topological polar surface area (TPSA) is 67.9 Å². The second-order valence-electron chi connectivity index (χ2n) is 5.93. The highest BCUT2D eigenvalue weighted by atomic mass is 35.5. The van der Waals surface area contributed by atoms with Gasteiger partial charge in [-0.3, -0.25) is 4.68 Å². The summed E-state index contributed by atoms with van der Waals surface area (Å²) < 4.78 is 3.97. The number of rotatable bonds is 7. The number of hydrogen-bond donors (Lipinski definition) is 2. The van der Waals surface area contributed by atoms with Crippen LogP contribution in [0.3, 0.4) is 0 Å². The molecule has 2 N–H and O–H groups in total. The molecule has 0 spiro atoms. The number of benzene rings is 1. The standard InChI is InChI=1S/C17H22ClN5O/c1-12(13(2)23-7-3-6-20-23)19-11-17-21-15-10-14(18)4-5-16(15)22(17)8-9-24/h3-7,10,12-13,19,24H,8-9,11H2,1-2H3/t12-,13+/m1/s1. The minimum absolute atomic E-state index is 0.0698. The van der Waals surface area contributed by atoms with Crippen LogP contribution < -0.4 is 5.32 Å². The van der Waals surface area contributed by atoms with Crippen LogP contribution in [0.15, 0.2) is 36.7 Å². The van der Waals surface area contributed by atoms with Crippen molar-refractivity contribution >= 4 is 22.6 Å². The second-order valence-corrected chi connectivity index (χ2v) is 6.37. The molecule has 0 aliphatic rings. The Bertz CT molecular complexity index is 799. The van der Waals surface area contributed by atoms with Gasteiger partial charge in [0.15, 0.2) is 0 Å². The quantitative estimate of drug-likeness (QED) is 0.689. The van der Waals surface area contributed by atoms with Crippen molar-refractivity contribution in [2.45, 2.75) is 39.0 Å². The number of imidazole rings is 1. The van der Waals surface area contributed by atoms with E-state index < -0.39 is 0 Å². The monoisotopic (exact) mass is 347 g/mol. The van der Waals surface area contributed by atoms with Crippen LogP contribution in [-0.4, -0.2) is 37.1 Å². The van der Waals surface area contributed by atoms with Crippen LogP contribution in [0.25, 0.3) is 11.0 Å². The van der Waals surface area contributed by atoms with Crippen LogP contribution in [0.2, 0.25) is 5.02 Å². The fraction of sp³-hybridized carbons (Fsp3) is 0.412. The molecule has 2 atom stereocenters. The van der Waals surface area contributed by atoms with Gasteiger partial charge in [-0.05, 0) is 38.1 Å². The smallest absolute Gasteiger partial charge is 0.123 e. The van der Waals surface area contributed by atoms with Crippen LogP contribution in [0.5, 0.6) is 0 Å². The number of fused-ring (bicyclic) bond motifs is 1. The molecule has 7 heteroatoms. The zero-order valence-corrected chi connectivity index (χ0v) is 14.6. The first kappa shape index (κ1) is 17.0. The molecule has 3 aromatic rings. The van der Waals surface area contributed by atoms with Gasteiger partial charge in [0.2, 0.25) is 0 Å². The maximum Gasteiger partial charge on any atom is 0.123 e. The number of nitrogens with zero attached hydrogens (tertiary/aromatic N) is 4. The van der Waals surface area contributed by atoms with Gasteiger partial charge < -0.3 is 15.0 Å². The first-order valence-electron chi connectivity index (χ1n) is 8.08. The normalized spacial score (nSPS) is 14.2. The molecule has 0 bridgehead atoms. The lowest BCUT2D eigenvalue weighted by Gasteiger charge is -2.22. The summed E-state index contributed by atoms with van der Waals surface area (Å²) in [5.41, 5.74) is 1.83. The third kappa shape index (κ3) is 3.45. The summed E-state index contributed by atoms with van der Waals surface area (Å²) in [4.78, 5) is 4.67. The highest BCUT2D eigenvalue weighted by Gasteiger charge is 2.16. The van der Waals surface area contributed by atoms with Crippen LogP contribution >= 0.6 is 11.6 Å². The fourth-order valence-corrected chi connectivity index (χ4v) is 2.98. The van der Waals surface area contributed by atoms with E-state index in [0.29, 0.717) is 18.1 Å². The first-order chi connectivity index (χ1) is 11.6. The van der Waals surface area contributed by atoms with Gasteiger partial charge in [-0.15, -0.1) is 0 Å². The molecule has 0 saturated carbocycles. The molecule has 0 radical (unpaired) electrons. The van der Waals surface area contributed by atoms with E-state index >= 15 is 0 Å². The lowest BCUT2D eigenvalue weighted by molar-refractivity contribution is 0.274. The van der Waals surface area contributed by atoms with E-state index in [1.54, 1.807) is 6.20 Å². The Balaban J connectivity index is 1.77. The molecule has 128 valence electrons. The minimum atomic E-state index is 0.0698. The summed E-state index contributed by atoms with van der Waals surface area (Å²) in [7, 11) is 0. The van der Waals surface area contributed by atoms with Crippen molar-refractivity contribution in [3.05, 3.63) is 47.5 Å². The Morgan fingerprint density at radius 2 is 2.17 bits per heavy atom. The highest BCUT2D eigenvalue weighted by molar-refractivity contribution is 6.31. The lowest BCUT2D eigenvalue weighted by Crippen LogP contribution is -2.34. The molecule has 0 unspecified atom stereocenters. The third-order valence-electron chi connectivity index (χ3n) is 4.36. The van der Waals surface area contributed by atoms with E-state index in [9.17, 15) is 5.11 Å². The Labute approximate surface area is 146 Å². The van der Waals surface area contributed by atoms with Gasteiger partial charge in [0.05, 0.1) is 30.2 Å². The van der Waals surface area contributed by atoms with Crippen LogP contribution in [0.4, 0.5) is 0 Å². The SMILES string of the molecule is C[C@@H](NCc1nc2cc(Cl)ccc2n1CCO)[C@H](C)n1cccn1. The zero-order chi connectivity index (χ0) is 17.1. The molecule has 6 nitrogen and oxygen atoms in total.